The molecule has 0 aliphatic carbocycles. The fraction of sp³-hybridized carbons (Fsp3) is 0.833. The van der Waals surface area contributed by atoms with Gasteiger partial charge >= 0.3 is 12.1 Å². The molecule has 3 N–H and O–H groups in total. The second kappa shape index (κ2) is 7.92. The summed E-state index contributed by atoms with van der Waals surface area (Å²) < 4.78 is 5.07. The number of carboxylic acids is 1. The molecule has 0 saturated carbocycles. The standard InChI is InChI=1S/C12H24N2O4/c1-9(5-6-10(15)16)13-7-8-14-11(17)18-12(2,3)4/h9,13H,5-8H2,1-4H3,(H,14,17)(H,15,16). The highest BCUT2D eigenvalue weighted by atomic mass is 16.6. The molecule has 0 fully saturated rings. The first-order valence-electron chi connectivity index (χ1n) is 6.13. The van der Waals surface area contributed by atoms with Gasteiger partial charge in [-0.15, -0.1) is 0 Å². The summed E-state index contributed by atoms with van der Waals surface area (Å²) in [7, 11) is 0. The van der Waals surface area contributed by atoms with Crippen LogP contribution in [0.3, 0.4) is 0 Å². The van der Waals surface area contributed by atoms with Crippen molar-refractivity contribution in [2.24, 2.45) is 0 Å². The number of hydrogen-bond donors (Lipinski definition) is 3. The van der Waals surface area contributed by atoms with Crippen molar-refractivity contribution in [1.82, 2.24) is 10.6 Å². The van der Waals surface area contributed by atoms with Crippen LogP contribution in [-0.4, -0.2) is 41.9 Å². The van der Waals surface area contributed by atoms with Crippen LogP contribution in [0.15, 0.2) is 0 Å². The molecule has 0 radical (unpaired) electrons. The Balaban J connectivity index is 3.55. The average molecular weight is 260 g/mol. The van der Waals surface area contributed by atoms with Crippen LogP contribution < -0.4 is 10.6 Å². The van der Waals surface area contributed by atoms with Crippen LogP contribution in [0.5, 0.6) is 0 Å². The third-order valence-corrected chi connectivity index (χ3v) is 2.08. The van der Waals surface area contributed by atoms with E-state index >= 15 is 0 Å². The van der Waals surface area contributed by atoms with Crippen LogP contribution in [0.25, 0.3) is 0 Å². The topological polar surface area (TPSA) is 87.7 Å². The van der Waals surface area contributed by atoms with Crippen LogP contribution in [0.2, 0.25) is 0 Å². The SMILES string of the molecule is CC(CCC(=O)O)NCCNC(=O)OC(C)(C)C. The van der Waals surface area contributed by atoms with E-state index in [0.717, 1.165) is 0 Å². The Kier molecular flexibility index (Phi) is 7.35. The van der Waals surface area contributed by atoms with Crippen molar-refractivity contribution < 1.29 is 19.4 Å². The highest BCUT2D eigenvalue weighted by molar-refractivity contribution is 5.67. The summed E-state index contributed by atoms with van der Waals surface area (Å²) in [6.07, 6.45) is 0.276. The number of aliphatic carboxylic acids is 1. The molecule has 0 saturated heterocycles. The van der Waals surface area contributed by atoms with Crippen molar-refractivity contribution in [3.63, 3.8) is 0 Å². The quantitative estimate of drug-likeness (QED) is 0.601. The maximum absolute atomic E-state index is 11.3. The van der Waals surface area contributed by atoms with E-state index in [1.807, 2.05) is 6.92 Å². The third-order valence-electron chi connectivity index (χ3n) is 2.08. The molecule has 0 rings (SSSR count). The molecular weight excluding hydrogens is 236 g/mol. The summed E-state index contributed by atoms with van der Waals surface area (Å²) in [5.74, 6) is -0.796. The lowest BCUT2D eigenvalue weighted by Gasteiger charge is -2.20. The lowest BCUT2D eigenvalue weighted by atomic mass is 10.2. The summed E-state index contributed by atoms with van der Waals surface area (Å²) in [6.45, 7) is 8.36. The molecule has 0 aromatic carbocycles. The normalized spacial score (nSPS) is 12.9. The molecule has 0 aliphatic heterocycles. The van der Waals surface area contributed by atoms with Crippen LogP contribution in [0.1, 0.15) is 40.5 Å². The van der Waals surface area contributed by atoms with Crippen LogP contribution in [-0.2, 0) is 9.53 Å². The first-order valence-corrected chi connectivity index (χ1v) is 6.13. The molecule has 6 nitrogen and oxygen atoms in total. The van der Waals surface area contributed by atoms with Gasteiger partial charge in [0, 0.05) is 25.6 Å². The highest BCUT2D eigenvalue weighted by Gasteiger charge is 2.15. The number of carbonyl (C=O) groups excluding carboxylic acids is 1. The minimum atomic E-state index is -0.796. The predicted molar refractivity (Wildman–Crippen MR) is 68.6 cm³/mol. The Morgan fingerprint density at radius 2 is 1.89 bits per heavy atom. The van der Waals surface area contributed by atoms with Gasteiger partial charge in [-0.1, -0.05) is 0 Å². The molecule has 0 aromatic rings. The average Bonchev–Trinajstić information content (AvgIpc) is 2.19. The van der Waals surface area contributed by atoms with Gasteiger partial charge in [-0.25, -0.2) is 4.79 Å². The zero-order chi connectivity index (χ0) is 14.2. The van der Waals surface area contributed by atoms with E-state index in [9.17, 15) is 9.59 Å². The lowest BCUT2D eigenvalue weighted by Crippen LogP contribution is -2.38. The van der Waals surface area contributed by atoms with Crippen molar-refractivity contribution in [3.05, 3.63) is 0 Å². The zero-order valence-electron chi connectivity index (χ0n) is 11.6. The number of nitrogens with one attached hydrogen (secondary N) is 2. The molecule has 0 aliphatic rings. The summed E-state index contributed by atoms with van der Waals surface area (Å²) in [6, 6.07) is 0.113. The smallest absolute Gasteiger partial charge is 0.407 e. The number of carboxylic acid groups (broad SMARTS) is 1. The van der Waals surface area contributed by atoms with Crippen molar-refractivity contribution >= 4 is 12.1 Å². The van der Waals surface area contributed by atoms with E-state index in [0.29, 0.717) is 19.5 Å². The highest BCUT2D eigenvalue weighted by Crippen LogP contribution is 2.05. The van der Waals surface area contributed by atoms with Gasteiger partial charge in [0.25, 0.3) is 0 Å². The largest absolute Gasteiger partial charge is 0.481 e. The molecule has 1 amide bonds. The summed E-state index contributed by atoms with van der Waals surface area (Å²) >= 11 is 0. The molecule has 106 valence electrons. The van der Waals surface area contributed by atoms with Gasteiger partial charge in [0.15, 0.2) is 0 Å². The van der Waals surface area contributed by atoms with Gasteiger partial charge in [0.1, 0.15) is 5.60 Å². The monoisotopic (exact) mass is 260 g/mol. The second-order valence-electron chi connectivity index (χ2n) is 5.22. The molecule has 0 heterocycles. The van der Waals surface area contributed by atoms with Crippen molar-refractivity contribution in [2.45, 2.75) is 52.2 Å². The van der Waals surface area contributed by atoms with E-state index in [1.165, 1.54) is 0 Å². The van der Waals surface area contributed by atoms with Crippen LogP contribution >= 0.6 is 0 Å². The van der Waals surface area contributed by atoms with Gasteiger partial charge in [0.05, 0.1) is 0 Å². The van der Waals surface area contributed by atoms with Crippen LogP contribution in [0, 0.1) is 0 Å². The Morgan fingerprint density at radius 3 is 2.39 bits per heavy atom. The summed E-state index contributed by atoms with van der Waals surface area (Å²) in [5, 5.41) is 14.3. The fourth-order valence-electron chi connectivity index (χ4n) is 1.24. The molecule has 6 heteroatoms. The summed E-state index contributed by atoms with van der Waals surface area (Å²) in [4.78, 5) is 21.6. The number of alkyl carbamates (subject to hydrolysis) is 1. The van der Waals surface area contributed by atoms with Crippen molar-refractivity contribution in [3.8, 4) is 0 Å². The second-order valence-corrected chi connectivity index (χ2v) is 5.22. The Labute approximate surface area is 108 Å². The van der Waals surface area contributed by atoms with Crippen molar-refractivity contribution in [1.29, 1.82) is 0 Å². The van der Waals surface area contributed by atoms with Gasteiger partial charge in [0.2, 0.25) is 0 Å². The lowest BCUT2D eigenvalue weighted by molar-refractivity contribution is -0.137. The molecule has 18 heavy (non-hydrogen) atoms. The van der Waals surface area contributed by atoms with E-state index in [-0.39, 0.29) is 12.5 Å². The Hall–Kier alpha value is -1.30. The van der Waals surface area contributed by atoms with Gasteiger partial charge in [-0.2, -0.15) is 0 Å². The molecule has 0 bridgehead atoms. The number of hydrogen-bond acceptors (Lipinski definition) is 4. The number of amides is 1. The van der Waals surface area contributed by atoms with Gasteiger partial charge in [-0.05, 0) is 34.1 Å². The third kappa shape index (κ3) is 11.2. The van der Waals surface area contributed by atoms with E-state index in [2.05, 4.69) is 10.6 Å². The Bertz CT molecular complexity index is 274. The molecule has 0 spiro atoms. The maximum atomic E-state index is 11.3. The number of carbonyl (C=O) groups is 2. The van der Waals surface area contributed by atoms with Gasteiger partial charge in [-0.3, -0.25) is 4.79 Å². The van der Waals surface area contributed by atoms with Crippen LogP contribution in [0.4, 0.5) is 4.79 Å². The number of ether oxygens (including phenoxy) is 1. The van der Waals surface area contributed by atoms with Crippen molar-refractivity contribution in [2.75, 3.05) is 13.1 Å². The first-order chi connectivity index (χ1) is 8.20. The minimum absolute atomic E-state index is 0.113. The Morgan fingerprint density at radius 1 is 1.28 bits per heavy atom. The minimum Gasteiger partial charge on any atom is -0.481 e. The van der Waals surface area contributed by atoms with E-state index in [4.69, 9.17) is 9.84 Å². The fourth-order valence-corrected chi connectivity index (χ4v) is 1.24. The van der Waals surface area contributed by atoms with E-state index in [1.54, 1.807) is 20.8 Å². The first kappa shape index (κ1) is 16.7. The van der Waals surface area contributed by atoms with Gasteiger partial charge < -0.3 is 20.5 Å². The molecule has 0 aromatic heterocycles. The maximum Gasteiger partial charge on any atom is 0.407 e. The molecular formula is C12H24N2O4. The molecule has 1 unspecified atom stereocenters. The predicted octanol–water partition coefficient (Wildman–Crippen LogP) is 1.35. The molecule has 1 atom stereocenters. The number of rotatable bonds is 7. The van der Waals surface area contributed by atoms with E-state index < -0.39 is 17.7 Å². The summed E-state index contributed by atoms with van der Waals surface area (Å²) in [5.41, 5.74) is -0.494. The zero-order valence-corrected chi connectivity index (χ0v) is 11.6.